The minimum Gasteiger partial charge on any atom is -0.490 e. The van der Waals surface area contributed by atoms with E-state index in [9.17, 15) is 9.90 Å². The van der Waals surface area contributed by atoms with E-state index in [1.807, 2.05) is 18.2 Å². The number of fused-ring (bicyclic) bond motifs is 3. The van der Waals surface area contributed by atoms with Crippen LogP contribution in [-0.4, -0.2) is 17.2 Å². The number of ether oxygens (including phenoxy) is 1. The highest BCUT2D eigenvalue weighted by Gasteiger charge is 2.56. The second-order valence-electron chi connectivity index (χ2n) is 6.80. The molecule has 20 heavy (non-hydrogen) atoms. The van der Waals surface area contributed by atoms with Crippen LogP contribution in [0.5, 0.6) is 5.75 Å². The normalized spacial score (nSPS) is 37.7. The molecule has 2 aliphatic carbocycles. The van der Waals surface area contributed by atoms with Crippen LogP contribution in [0.15, 0.2) is 24.3 Å². The van der Waals surface area contributed by atoms with E-state index in [0.717, 1.165) is 31.4 Å². The second-order valence-corrected chi connectivity index (χ2v) is 6.80. The van der Waals surface area contributed by atoms with Gasteiger partial charge in [-0.2, -0.15) is 0 Å². The zero-order valence-electron chi connectivity index (χ0n) is 11.5. The smallest absolute Gasteiger partial charge is 0.310 e. The summed E-state index contributed by atoms with van der Waals surface area (Å²) in [6.45, 7) is 0. The number of aliphatic carboxylic acids is 1. The molecule has 1 aliphatic heterocycles. The Hall–Kier alpha value is -1.51. The van der Waals surface area contributed by atoms with Gasteiger partial charge in [-0.25, -0.2) is 0 Å². The Morgan fingerprint density at radius 2 is 2.20 bits per heavy atom. The lowest BCUT2D eigenvalue weighted by Gasteiger charge is -2.35. The predicted octanol–water partition coefficient (Wildman–Crippen LogP) is 3.27. The molecule has 4 rings (SSSR count). The zero-order chi connectivity index (χ0) is 13.7. The molecule has 2 saturated carbocycles. The molecule has 2 fully saturated rings. The van der Waals surface area contributed by atoms with E-state index in [1.165, 1.54) is 12.0 Å². The Morgan fingerprint density at radius 3 is 2.85 bits per heavy atom. The van der Waals surface area contributed by atoms with Crippen LogP contribution in [0.25, 0.3) is 0 Å². The van der Waals surface area contributed by atoms with Gasteiger partial charge in [0.1, 0.15) is 11.9 Å². The molecule has 1 N–H and O–H groups in total. The largest absolute Gasteiger partial charge is 0.490 e. The maximum absolute atomic E-state index is 11.9. The molecule has 1 aromatic carbocycles. The molecule has 0 spiro atoms. The average Bonchev–Trinajstić information content (AvgIpc) is 3.10. The highest BCUT2D eigenvalue weighted by molar-refractivity contribution is 5.76. The van der Waals surface area contributed by atoms with Crippen LogP contribution in [0.2, 0.25) is 0 Å². The number of carbonyl (C=O) groups is 1. The molecule has 3 nitrogen and oxygen atoms in total. The van der Waals surface area contributed by atoms with E-state index in [4.69, 9.17) is 4.74 Å². The molecule has 1 aromatic rings. The molecule has 2 bridgehead atoms. The third kappa shape index (κ3) is 1.68. The standard InChI is InChI=1S/C17H20O3/c18-16(19)17(9-11-5-6-13(17)7-11)10-14-8-12-3-1-2-4-15(12)20-14/h1-4,11,13-14H,5-10H2,(H,18,19). The summed E-state index contributed by atoms with van der Waals surface area (Å²) in [5.74, 6) is 1.36. The Labute approximate surface area is 118 Å². The highest BCUT2D eigenvalue weighted by Crippen LogP contribution is 2.58. The van der Waals surface area contributed by atoms with Gasteiger partial charge in [0.15, 0.2) is 0 Å². The summed E-state index contributed by atoms with van der Waals surface area (Å²) in [7, 11) is 0. The summed E-state index contributed by atoms with van der Waals surface area (Å²) in [6, 6.07) is 8.08. The second kappa shape index (κ2) is 4.24. The van der Waals surface area contributed by atoms with Crippen molar-refractivity contribution in [1.82, 2.24) is 0 Å². The summed E-state index contributed by atoms with van der Waals surface area (Å²) in [4.78, 5) is 11.9. The van der Waals surface area contributed by atoms with Gasteiger partial charge < -0.3 is 9.84 Å². The van der Waals surface area contributed by atoms with Crippen LogP contribution in [0.3, 0.4) is 0 Å². The van der Waals surface area contributed by atoms with Gasteiger partial charge in [0.25, 0.3) is 0 Å². The number of rotatable bonds is 3. The van der Waals surface area contributed by atoms with Crippen molar-refractivity contribution in [3.8, 4) is 5.75 Å². The van der Waals surface area contributed by atoms with E-state index in [1.54, 1.807) is 0 Å². The molecule has 0 amide bonds. The third-order valence-electron chi connectivity index (χ3n) is 5.71. The van der Waals surface area contributed by atoms with Crippen LogP contribution >= 0.6 is 0 Å². The lowest BCUT2D eigenvalue weighted by Crippen LogP contribution is -2.40. The van der Waals surface area contributed by atoms with Gasteiger partial charge in [-0.3, -0.25) is 4.79 Å². The van der Waals surface area contributed by atoms with Crippen molar-refractivity contribution in [2.75, 3.05) is 0 Å². The fourth-order valence-corrected chi connectivity index (χ4v) is 4.82. The highest BCUT2D eigenvalue weighted by atomic mass is 16.5. The van der Waals surface area contributed by atoms with E-state index >= 15 is 0 Å². The van der Waals surface area contributed by atoms with Gasteiger partial charge in [0, 0.05) is 12.8 Å². The number of para-hydroxylation sites is 1. The monoisotopic (exact) mass is 272 g/mol. The van der Waals surface area contributed by atoms with Crippen molar-refractivity contribution >= 4 is 5.97 Å². The molecule has 4 atom stereocenters. The topological polar surface area (TPSA) is 46.5 Å². The Morgan fingerprint density at radius 1 is 1.35 bits per heavy atom. The third-order valence-corrected chi connectivity index (χ3v) is 5.71. The summed E-state index contributed by atoms with van der Waals surface area (Å²) in [5, 5.41) is 9.81. The van der Waals surface area contributed by atoms with Crippen LogP contribution < -0.4 is 4.74 Å². The van der Waals surface area contributed by atoms with Gasteiger partial charge in [0.05, 0.1) is 5.41 Å². The van der Waals surface area contributed by atoms with Crippen LogP contribution in [0, 0.1) is 17.3 Å². The number of hydrogen-bond acceptors (Lipinski definition) is 2. The molecule has 3 aliphatic rings. The maximum atomic E-state index is 11.9. The molecule has 0 aromatic heterocycles. The van der Waals surface area contributed by atoms with E-state index < -0.39 is 11.4 Å². The lowest BCUT2D eigenvalue weighted by atomic mass is 9.69. The summed E-state index contributed by atoms with van der Waals surface area (Å²) >= 11 is 0. The molecular formula is C17H20O3. The summed E-state index contributed by atoms with van der Waals surface area (Å²) in [6.07, 6.45) is 5.89. The number of carboxylic acid groups (broad SMARTS) is 1. The van der Waals surface area contributed by atoms with E-state index in [2.05, 4.69) is 6.07 Å². The van der Waals surface area contributed by atoms with Gasteiger partial charge >= 0.3 is 5.97 Å². The SMILES string of the molecule is O=C(O)C1(CC2Cc3ccccc3O2)CC2CCC1C2. The number of hydrogen-bond donors (Lipinski definition) is 1. The average molecular weight is 272 g/mol. The first kappa shape index (κ1) is 12.2. The quantitative estimate of drug-likeness (QED) is 0.918. The molecule has 4 unspecified atom stereocenters. The predicted molar refractivity (Wildman–Crippen MR) is 74.7 cm³/mol. The molecule has 0 saturated heterocycles. The first-order valence-electron chi connectivity index (χ1n) is 7.65. The molecule has 106 valence electrons. The van der Waals surface area contributed by atoms with Crippen molar-refractivity contribution in [1.29, 1.82) is 0 Å². The lowest BCUT2D eigenvalue weighted by molar-refractivity contribution is -0.154. The van der Waals surface area contributed by atoms with Gasteiger partial charge in [-0.05, 0) is 42.7 Å². The summed E-state index contributed by atoms with van der Waals surface area (Å²) < 4.78 is 5.99. The fraction of sp³-hybridized carbons (Fsp3) is 0.588. The first-order chi connectivity index (χ1) is 9.67. The molecule has 1 heterocycles. The van der Waals surface area contributed by atoms with Crippen molar-refractivity contribution < 1.29 is 14.6 Å². The van der Waals surface area contributed by atoms with Gasteiger partial charge in [0.2, 0.25) is 0 Å². The zero-order valence-corrected chi connectivity index (χ0v) is 11.5. The van der Waals surface area contributed by atoms with Crippen molar-refractivity contribution in [3.63, 3.8) is 0 Å². The van der Waals surface area contributed by atoms with Gasteiger partial charge in [-0.15, -0.1) is 0 Å². The van der Waals surface area contributed by atoms with Gasteiger partial charge in [-0.1, -0.05) is 24.6 Å². The van der Waals surface area contributed by atoms with Crippen molar-refractivity contribution in [2.24, 2.45) is 17.3 Å². The minimum atomic E-state index is -0.593. The molecular weight excluding hydrogens is 252 g/mol. The van der Waals surface area contributed by atoms with Crippen LogP contribution in [0.1, 0.15) is 37.7 Å². The molecule has 0 radical (unpaired) electrons. The first-order valence-corrected chi connectivity index (χ1v) is 7.65. The minimum absolute atomic E-state index is 0.0443. The van der Waals surface area contributed by atoms with Crippen molar-refractivity contribution in [2.45, 2.75) is 44.6 Å². The van der Waals surface area contributed by atoms with E-state index in [-0.39, 0.29) is 6.10 Å². The number of benzene rings is 1. The van der Waals surface area contributed by atoms with Crippen molar-refractivity contribution in [3.05, 3.63) is 29.8 Å². The Balaban J connectivity index is 1.55. The number of carboxylic acids is 1. The molecule has 3 heteroatoms. The maximum Gasteiger partial charge on any atom is 0.310 e. The van der Waals surface area contributed by atoms with Crippen LogP contribution in [-0.2, 0) is 11.2 Å². The summed E-state index contributed by atoms with van der Waals surface area (Å²) in [5.41, 5.74) is 0.705. The fourth-order valence-electron chi connectivity index (χ4n) is 4.82. The Kier molecular flexibility index (Phi) is 2.60. The van der Waals surface area contributed by atoms with E-state index in [0.29, 0.717) is 18.3 Å². The Bertz CT molecular complexity index is 528. The van der Waals surface area contributed by atoms with Crippen LogP contribution in [0.4, 0.5) is 0 Å².